The minimum Gasteiger partial charge on any atom is -0.461 e. The van der Waals surface area contributed by atoms with E-state index in [2.05, 4.69) is 20.6 Å². The smallest absolute Gasteiger partial charge is 0.300 e. The van der Waals surface area contributed by atoms with Crippen molar-refractivity contribution < 1.29 is 14.0 Å². The highest BCUT2D eigenvalue weighted by molar-refractivity contribution is 6.45. The third kappa shape index (κ3) is 4.81. The molecule has 0 bridgehead atoms. The van der Waals surface area contributed by atoms with Gasteiger partial charge in [0.25, 0.3) is 17.2 Å². The van der Waals surface area contributed by atoms with Crippen molar-refractivity contribution in [3.8, 4) is 17.3 Å². The number of amides is 1. The quantitative estimate of drug-likeness (QED) is 0.291. The lowest BCUT2D eigenvalue weighted by molar-refractivity contribution is -0.112. The molecule has 2 heterocycles. The van der Waals surface area contributed by atoms with Crippen molar-refractivity contribution >= 4 is 40.6 Å². The number of aromatic nitrogens is 2. The van der Waals surface area contributed by atoms with E-state index < -0.39 is 17.2 Å². The van der Waals surface area contributed by atoms with Gasteiger partial charge in [-0.25, -0.2) is 4.98 Å². The third-order valence-corrected chi connectivity index (χ3v) is 4.74. The Balaban J connectivity index is 1.65. The van der Waals surface area contributed by atoms with Gasteiger partial charge < -0.3 is 15.1 Å². The third-order valence-electron chi connectivity index (χ3n) is 4.48. The second-order valence-electron chi connectivity index (χ2n) is 6.72. The average molecular weight is 460 g/mol. The summed E-state index contributed by atoms with van der Waals surface area (Å²) in [6.07, 6.45) is 1.29. The molecule has 4 rings (SSSR count). The lowest BCUT2D eigenvalue weighted by atomic mass is 10.1. The number of benzene rings is 2. The number of anilines is 3. The van der Waals surface area contributed by atoms with Gasteiger partial charge in [0.15, 0.2) is 5.76 Å². The molecule has 0 unspecified atom stereocenters. The normalized spacial score (nSPS) is 10.3. The first kappa shape index (κ1) is 21.5. The van der Waals surface area contributed by atoms with Gasteiger partial charge in [0, 0.05) is 22.0 Å². The first-order valence-corrected chi connectivity index (χ1v) is 9.89. The van der Waals surface area contributed by atoms with Gasteiger partial charge in [0.05, 0.1) is 12.0 Å². The molecule has 33 heavy (non-hydrogen) atoms. The first-order valence-electron chi connectivity index (χ1n) is 9.51. The summed E-state index contributed by atoms with van der Waals surface area (Å²) in [6, 6.07) is 17.8. The number of hydrogen-bond donors (Lipinski definition) is 3. The van der Waals surface area contributed by atoms with Crippen LogP contribution in [-0.2, 0) is 4.79 Å². The van der Waals surface area contributed by atoms with Crippen molar-refractivity contribution in [2.24, 2.45) is 0 Å². The largest absolute Gasteiger partial charge is 0.461 e. The molecule has 3 N–H and O–H groups in total. The number of nitriles is 1. The van der Waals surface area contributed by atoms with Gasteiger partial charge in [0.2, 0.25) is 5.95 Å². The number of furan rings is 1. The van der Waals surface area contributed by atoms with E-state index in [4.69, 9.17) is 16.0 Å². The molecule has 0 spiro atoms. The predicted molar refractivity (Wildman–Crippen MR) is 121 cm³/mol. The summed E-state index contributed by atoms with van der Waals surface area (Å²) in [5.41, 5.74) is 0.547. The van der Waals surface area contributed by atoms with Crippen molar-refractivity contribution in [2.75, 3.05) is 10.6 Å². The Bertz CT molecular complexity index is 1440. The number of H-pyrrole nitrogens is 1. The van der Waals surface area contributed by atoms with Crippen molar-refractivity contribution in [1.82, 2.24) is 9.97 Å². The lowest BCUT2D eigenvalue weighted by Gasteiger charge is -2.10. The highest BCUT2D eigenvalue weighted by Gasteiger charge is 2.20. The summed E-state index contributed by atoms with van der Waals surface area (Å²) in [6.45, 7) is 0. The molecule has 2 aromatic heterocycles. The van der Waals surface area contributed by atoms with Crippen LogP contribution in [0.1, 0.15) is 16.1 Å². The van der Waals surface area contributed by atoms with E-state index in [1.807, 2.05) is 6.07 Å². The lowest BCUT2D eigenvalue weighted by Crippen LogP contribution is -2.22. The number of nitrogens with one attached hydrogen (secondary N) is 3. The van der Waals surface area contributed by atoms with E-state index in [0.717, 1.165) is 0 Å². The fourth-order valence-corrected chi connectivity index (χ4v) is 3.09. The van der Waals surface area contributed by atoms with E-state index in [0.29, 0.717) is 16.3 Å². The Hall–Kier alpha value is -4.68. The highest BCUT2D eigenvalue weighted by Crippen LogP contribution is 2.25. The number of carbonyl (C=O) groups excluding carboxylic acids is 2. The molecular formula is C23H14ClN5O4. The molecule has 0 saturated carbocycles. The van der Waals surface area contributed by atoms with E-state index in [1.54, 1.807) is 42.5 Å². The molecule has 162 valence electrons. The van der Waals surface area contributed by atoms with Crippen LogP contribution in [0.2, 0.25) is 5.02 Å². The summed E-state index contributed by atoms with van der Waals surface area (Å²) in [4.78, 5) is 43.8. The maximum absolute atomic E-state index is 12.5. The monoisotopic (exact) mass is 459 g/mol. The van der Waals surface area contributed by atoms with Crippen LogP contribution in [0.3, 0.4) is 0 Å². The van der Waals surface area contributed by atoms with E-state index in [-0.39, 0.29) is 28.7 Å². The molecule has 0 aliphatic carbocycles. The van der Waals surface area contributed by atoms with Crippen molar-refractivity contribution in [1.29, 1.82) is 5.26 Å². The minimum atomic E-state index is -0.897. The molecule has 0 atom stereocenters. The average Bonchev–Trinajstić information content (AvgIpc) is 3.35. The number of rotatable bonds is 6. The Labute approximate surface area is 191 Å². The van der Waals surface area contributed by atoms with Gasteiger partial charge in [-0.1, -0.05) is 23.7 Å². The molecule has 0 radical (unpaired) electrons. The Kier molecular flexibility index (Phi) is 6.02. The van der Waals surface area contributed by atoms with Gasteiger partial charge in [-0.3, -0.25) is 19.4 Å². The van der Waals surface area contributed by atoms with Crippen molar-refractivity contribution in [3.63, 3.8) is 0 Å². The first-order chi connectivity index (χ1) is 15.9. The molecular weight excluding hydrogens is 446 g/mol. The van der Waals surface area contributed by atoms with Crippen LogP contribution in [0.4, 0.5) is 17.3 Å². The van der Waals surface area contributed by atoms with E-state index in [9.17, 15) is 19.6 Å². The maximum Gasteiger partial charge on any atom is 0.300 e. The Morgan fingerprint density at radius 1 is 1.06 bits per heavy atom. The summed E-state index contributed by atoms with van der Waals surface area (Å²) >= 11 is 5.89. The van der Waals surface area contributed by atoms with Crippen LogP contribution in [-0.4, -0.2) is 21.7 Å². The number of carbonyl (C=O) groups is 2. The molecule has 0 saturated heterocycles. The van der Waals surface area contributed by atoms with Crippen LogP contribution in [0, 0.1) is 11.3 Å². The Morgan fingerprint density at radius 3 is 2.55 bits per heavy atom. The number of aromatic amines is 1. The minimum absolute atomic E-state index is 0.0930. The summed E-state index contributed by atoms with van der Waals surface area (Å²) in [5.74, 6) is -1.72. The molecule has 10 heteroatoms. The number of nitrogens with zero attached hydrogens (tertiary/aromatic N) is 2. The van der Waals surface area contributed by atoms with Crippen LogP contribution in [0.25, 0.3) is 11.3 Å². The maximum atomic E-state index is 12.5. The zero-order chi connectivity index (χ0) is 23.4. The van der Waals surface area contributed by atoms with Crippen LogP contribution in [0.15, 0.2) is 76.1 Å². The molecule has 9 nitrogen and oxygen atoms in total. The second-order valence-corrected chi connectivity index (χ2v) is 7.16. The molecule has 4 aromatic rings. The van der Waals surface area contributed by atoms with E-state index in [1.165, 1.54) is 24.5 Å². The van der Waals surface area contributed by atoms with Gasteiger partial charge in [-0.2, -0.15) is 5.26 Å². The molecule has 0 fully saturated rings. The highest BCUT2D eigenvalue weighted by atomic mass is 35.5. The van der Waals surface area contributed by atoms with Crippen LogP contribution < -0.4 is 16.2 Å². The summed E-state index contributed by atoms with van der Waals surface area (Å²) < 4.78 is 4.95. The Morgan fingerprint density at radius 2 is 1.85 bits per heavy atom. The number of ketones is 1. The summed E-state index contributed by atoms with van der Waals surface area (Å²) in [7, 11) is 0. The SMILES string of the molecule is N#Cc1c(-c2cccc(NC(=O)C(=O)c3ccco3)c2)nc(Nc2ccc(Cl)cc2)[nH]c1=O. The fraction of sp³-hybridized carbons (Fsp3) is 0. The molecule has 1 amide bonds. The molecule has 0 aliphatic heterocycles. The topological polar surface area (TPSA) is 141 Å². The second kappa shape index (κ2) is 9.21. The predicted octanol–water partition coefficient (Wildman–Crippen LogP) is 4.12. The van der Waals surface area contributed by atoms with Crippen LogP contribution in [0.5, 0.6) is 0 Å². The number of halogens is 1. The standard InChI is InChI=1S/C23H14ClN5O4/c24-14-6-8-15(9-7-14)27-23-28-19(17(12-25)21(31)29-23)13-3-1-4-16(11-13)26-22(32)20(30)18-5-2-10-33-18/h1-11H,(H,26,32)(H2,27,28,29,31). The molecule has 2 aromatic carbocycles. The number of hydrogen-bond acceptors (Lipinski definition) is 7. The fourth-order valence-electron chi connectivity index (χ4n) is 2.97. The van der Waals surface area contributed by atoms with E-state index >= 15 is 0 Å². The zero-order valence-electron chi connectivity index (χ0n) is 16.8. The van der Waals surface area contributed by atoms with Crippen molar-refractivity contribution in [3.05, 3.63) is 93.6 Å². The zero-order valence-corrected chi connectivity index (χ0v) is 17.5. The van der Waals surface area contributed by atoms with Gasteiger partial charge in [-0.05, 0) is 48.5 Å². The van der Waals surface area contributed by atoms with Gasteiger partial charge >= 0.3 is 0 Å². The van der Waals surface area contributed by atoms with Gasteiger partial charge in [0.1, 0.15) is 11.6 Å². The van der Waals surface area contributed by atoms with Gasteiger partial charge in [-0.15, -0.1) is 0 Å². The summed E-state index contributed by atoms with van der Waals surface area (Å²) in [5, 5.41) is 15.5. The number of Topliss-reactive ketones (excluding diaryl/α,β-unsaturated/α-hetero) is 1. The molecule has 0 aliphatic rings. The van der Waals surface area contributed by atoms with Crippen molar-refractivity contribution in [2.45, 2.75) is 0 Å². The van der Waals surface area contributed by atoms with Crippen LogP contribution >= 0.6 is 11.6 Å².